The summed E-state index contributed by atoms with van der Waals surface area (Å²) in [5, 5.41) is 11.0. The number of para-hydroxylation sites is 1. The molecule has 3 aromatic carbocycles. The van der Waals surface area contributed by atoms with Crippen LogP contribution in [-0.2, 0) is 16.2 Å². The molecule has 47 heavy (non-hydrogen) atoms. The second-order valence-electron chi connectivity index (χ2n) is 10.2. The van der Waals surface area contributed by atoms with E-state index in [0.29, 0.717) is 33.1 Å². The molecule has 0 aliphatic heterocycles. The van der Waals surface area contributed by atoms with Gasteiger partial charge in [0.05, 0.1) is 22.9 Å². The smallest absolute Gasteiger partial charge is 0.251 e. The number of likely N-dealkylation sites (N-methyl/N-ethyl adjacent to an activating group) is 1. The Morgan fingerprint density at radius 2 is 1.81 bits per heavy atom. The molecule has 0 saturated heterocycles. The zero-order valence-corrected chi connectivity index (χ0v) is 28.0. The fourth-order valence-electron chi connectivity index (χ4n) is 4.71. The summed E-state index contributed by atoms with van der Waals surface area (Å²) in [7, 11) is 3.12. The average molecular weight is 694 g/mol. The molecular weight excluding hydrogens is 663 g/mol. The van der Waals surface area contributed by atoms with Crippen LogP contribution in [0.1, 0.15) is 27.2 Å². The van der Waals surface area contributed by atoms with E-state index in [4.69, 9.17) is 32.9 Å². The number of ether oxygens (including phenoxy) is 1. The number of aromatic nitrogens is 3. The van der Waals surface area contributed by atoms with Gasteiger partial charge in [-0.25, -0.2) is 9.67 Å². The van der Waals surface area contributed by atoms with Crippen LogP contribution in [0.3, 0.4) is 0 Å². The van der Waals surface area contributed by atoms with Crippen LogP contribution < -0.4 is 20.3 Å². The van der Waals surface area contributed by atoms with E-state index in [1.54, 1.807) is 67.4 Å². The summed E-state index contributed by atoms with van der Waals surface area (Å²) in [6.07, 6.45) is 6.48. The van der Waals surface area contributed by atoms with Gasteiger partial charge in [-0.15, -0.1) is 12.4 Å². The summed E-state index contributed by atoms with van der Waals surface area (Å²) in [5.74, 6) is -0.514. The van der Waals surface area contributed by atoms with Gasteiger partial charge >= 0.3 is 0 Å². The van der Waals surface area contributed by atoms with Crippen LogP contribution in [0.2, 0.25) is 10.0 Å². The molecule has 5 rings (SSSR count). The zero-order chi connectivity index (χ0) is 32.8. The first kappa shape index (κ1) is 35.0. The molecule has 0 aliphatic carbocycles. The predicted octanol–water partition coefficient (Wildman–Crippen LogP) is 6.19. The minimum Gasteiger partial charge on any atom is -0.487 e. The highest BCUT2D eigenvalue weighted by Crippen LogP contribution is 2.36. The third-order valence-corrected chi connectivity index (χ3v) is 7.95. The Bertz CT molecular complexity index is 1950. The molecule has 2 aromatic heterocycles. The first-order chi connectivity index (χ1) is 22.2. The van der Waals surface area contributed by atoms with E-state index < -0.39 is 11.8 Å². The summed E-state index contributed by atoms with van der Waals surface area (Å²) < 4.78 is 7.98. The monoisotopic (exact) mass is 692 g/mol. The number of rotatable bonds is 10. The van der Waals surface area contributed by atoms with Gasteiger partial charge < -0.3 is 20.3 Å². The SMILES string of the molecule is CNC(=O)c1ccc(/C=C/C(=O)NCC(=O)N(C)c2ccc(Cl)c(COc3cccc4c(-n5cccn5)cc(C)nc34)c2Cl)cc1.Cl. The maximum Gasteiger partial charge on any atom is 0.251 e. The Labute approximate surface area is 287 Å². The third-order valence-electron chi connectivity index (χ3n) is 7.17. The number of nitrogens with zero attached hydrogens (tertiary/aromatic N) is 4. The molecule has 13 heteroatoms. The molecule has 2 heterocycles. The van der Waals surface area contributed by atoms with E-state index in [1.807, 2.05) is 43.5 Å². The Morgan fingerprint density at radius 3 is 2.51 bits per heavy atom. The van der Waals surface area contributed by atoms with Crippen molar-refractivity contribution in [3.63, 3.8) is 0 Å². The Hall–Kier alpha value is -4.90. The molecule has 0 aliphatic rings. The van der Waals surface area contributed by atoms with Crippen LogP contribution in [0, 0.1) is 6.92 Å². The van der Waals surface area contributed by atoms with Crippen LogP contribution in [0.25, 0.3) is 22.7 Å². The Kier molecular flexibility index (Phi) is 11.6. The van der Waals surface area contributed by atoms with E-state index in [0.717, 1.165) is 22.3 Å². The molecule has 0 saturated carbocycles. The number of hydrogen-bond donors (Lipinski definition) is 2. The van der Waals surface area contributed by atoms with Crippen molar-refractivity contribution in [1.82, 2.24) is 25.4 Å². The van der Waals surface area contributed by atoms with Gasteiger partial charge in [-0.05, 0) is 61.0 Å². The third kappa shape index (κ3) is 8.10. The lowest BCUT2D eigenvalue weighted by molar-refractivity contribution is -0.122. The molecule has 0 atom stereocenters. The number of hydrogen-bond acceptors (Lipinski definition) is 6. The highest BCUT2D eigenvalue weighted by atomic mass is 35.5. The van der Waals surface area contributed by atoms with Gasteiger partial charge in [-0.1, -0.05) is 47.5 Å². The summed E-state index contributed by atoms with van der Waals surface area (Å²) in [6.45, 7) is 1.66. The quantitative estimate of drug-likeness (QED) is 0.169. The van der Waals surface area contributed by atoms with Crippen LogP contribution in [0.15, 0.2) is 85.2 Å². The number of aryl methyl sites for hydroxylation is 1. The molecule has 2 N–H and O–H groups in total. The van der Waals surface area contributed by atoms with Crippen molar-refractivity contribution in [3.05, 3.63) is 118 Å². The van der Waals surface area contributed by atoms with Gasteiger partial charge in [0.1, 0.15) is 17.9 Å². The molecule has 0 unspecified atom stereocenters. The molecule has 3 amide bonds. The van der Waals surface area contributed by atoms with Crippen molar-refractivity contribution in [2.24, 2.45) is 0 Å². The Morgan fingerprint density at radius 1 is 1.04 bits per heavy atom. The molecule has 10 nitrogen and oxygen atoms in total. The summed E-state index contributed by atoms with van der Waals surface area (Å²) >= 11 is 13.3. The van der Waals surface area contributed by atoms with Crippen molar-refractivity contribution in [2.45, 2.75) is 13.5 Å². The number of benzene rings is 3. The van der Waals surface area contributed by atoms with Crippen molar-refractivity contribution in [2.75, 3.05) is 25.5 Å². The lowest BCUT2D eigenvalue weighted by atomic mass is 10.1. The lowest BCUT2D eigenvalue weighted by Gasteiger charge is -2.21. The van der Waals surface area contributed by atoms with Gasteiger partial charge in [-0.3, -0.25) is 14.4 Å². The van der Waals surface area contributed by atoms with Gasteiger partial charge in [0, 0.05) is 59.8 Å². The largest absolute Gasteiger partial charge is 0.487 e. The molecule has 0 spiro atoms. The van der Waals surface area contributed by atoms with Gasteiger partial charge in [0.15, 0.2) is 0 Å². The fraction of sp³-hybridized carbons (Fsp3) is 0.147. The fourth-order valence-corrected chi connectivity index (χ4v) is 5.32. The standard InChI is InChI=1S/C34H30Cl2N6O4.ClH/c1-21-18-28(42-17-5-16-39-42)24-6-4-7-29(33(24)40-21)46-20-25-26(35)13-14-27(32(25)36)41(3)31(44)19-38-30(43)15-10-22-8-11-23(12-9-22)34(45)37-2;/h4-18H,19-20H2,1-3H3,(H,37,45)(H,38,43);1H/b15-10+;. The van der Waals surface area contributed by atoms with Gasteiger partial charge in [-0.2, -0.15) is 5.10 Å². The van der Waals surface area contributed by atoms with Crippen LogP contribution in [0.5, 0.6) is 5.75 Å². The van der Waals surface area contributed by atoms with Gasteiger partial charge in [0.25, 0.3) is 5.91 Å². The van der Waals surface area contributed by atoms with Crippen LogP contribution in [0.4, 0.5) is 5.69 Å². The second kappa shape index (κ2) is 15.6. The van der Waals surface area contributed by atoms with Crippen LogP contribution >= 0.6 is 35.6 Å². The van der Waals surface area contributed by atoms with E-state index in [9.17, 15) is 14.4 Å². The molecule has 0 bridgehead atoms. The summed E-state index contributed by atoms with van der Waals surface area (Å²) in [6, 6.07) is 19.5. The summed E-state index contributed by atoms with van der Waals surface area (Å²) in [5.41, 5.74) is 4.46. The number of halogens is 3. The number of fused-ring (bicyclic) bond motifs is 1. The van der Waals surface area contributed by atoms with Crippen molar-refractivity contribution in [1.29, 1.82) is 0 Å². The van der Waals surface area contributed by atoms with Crippen molar-refractivity contribution in [3.8, 4) is 11.4 Å². The molecule has 242 valence electrons. The zero-order valence-electron chi connectivity index (χ0n) is 25.7. The first-order valence-corrected chi connectivity index (χ1v) is 15.0. The molecular formula is C34H31Cl3N6O4. The number of carbonyl (C=O) groups excluding carboxylic acids is 3. The number of anilines is 1. The van der Waals surface area contributed by atoms with Gasteiger partial charge in [0.2, 0.25) is 11.8 Å². The normalized spacial score (nSPS) is 10.8. The van der Waals surface area contributed by atoms with E-state index >= 15 is 0 Å². The maximum absolute atomic E-state index is 13.0. The minimum absolute atomic E-state index is 0. The number of nitrogens with one attached hydrogen (secondary N) is 2. The molecule has 5 aromatic rings. The highest BCUT2D eigenvalue weighted by molar-refractivity contribution is 6.38. The predicted molar refractivity (Wildman–Crippen MR) is 187 cm³/mol. The molecule has 0 fully saturated rings. The molecule has 0 radical (unpaired) electrons. The number of carbonyl (C=O) groups is 3. The van der Waals surface area contributed by atoms with E-state index in [1.165, 1.54) is 11.0 Å². The number of pyridine rings is 1. The first-order valence-electron chi connectivity index (χ1n) is 14.2. The highest BCUT2D eigenvalue weighted by Gasteiger charge is 2.20. The van der Waals surface area contributed by atoms with E-state index in [2.05, 4.69) is 15.7 Å². The van der Waals surface area contributed by atoms with Crippen LogP contribution in [-0.4, -0.2) is 53.1 Å². The average Bonchev–Trinajstić information content (AvgIpc) is 3.60. The Balaban J connectivity index is 0.00000500. The van der Waals surface area contributed by atoms with E-state index in [-0.39, 0.29) is 36.5 Å². The lowest BCUT2D eigenvalue weighted by Crippen LogP contribution is -2.37. The second-order valence-corrected chi connectivity index (χ2v) is 11.0. The number of amides is 3. The summed E-state index contributed by atoms with van der Waals surface area (Å²) in [4.78, 5) is 43.1. The maximum atomic E-state index is 13.0. The topological polar surface area (TPSA) is 118 Å². The van der Waals surface area contributed by atoms with Crippen molar-refractivity contribution < 1.29 is 19.1 Å². The van der Waals surface area contributed by atoms with Crippen molar-refractivity contribution >= 4 is 76.0 Å². The minimum atomic E-state index is -0.455.